The molecule has 8 heteroatoms. The van der Waals surface area contributed by atoms with Crippen LogP contribution in [0.3, 0.4) is 0 Å². The molecule has 162 valence electrons. The van der Waals surface area contributed by atoms with Crippen LogP contribution >= 0.6 is 0 Å². The quantitative estimate of drug-likeness (QED) is 0.743. The zero-order valence-corrected chi connectivity index (χ0v) is 17.8. The van der Waals surface area contributed by atoms with E-state index >= 15 is 0 Å². The molecule has 2 fully saturated rings. The van der Waals surface area contributed by atoms with Gasteiger partial charge in [0.2, 0.25) is 5.91 Å². The SMILES string of the molecule is CC(C)c1ccc(N2C(=O)N[C@@H]3CCN(C(=O)CC(C)(C)CC(=O)O)[C@@H]3C2=O)cc1. The van der Waals surface area contributed by atoms with E-state index in [1.54, 1.807) is 26.0 Å². The maximum atomic E-state index is 13.3. The standard InChI is InChI=1S/C22H29N3O5/c1-13(2)14-5-7-15(8-6-14)25-20(29)19-16(23-21(25)30)9-10-24(19)17(26)11-22(3,4)12-18(27)28/h5-8,13,16,19H,9-12H2,1-4H3,(H,23,30)(H,27,28)/t16-,19+/m1/s1. The van der Waals surface area contributed by atoms with E-state index in [4.69, 9.17) is 5.11 Å². The van der Waals surface area contributed by atoms with Gasteiger partial charge in [0.15, 0.2) is 0 Å². The molecule has 8 nitrogen and oxygen atoms in total. The zero-order chi connectivity index (χ0) is 22.2. The number of carbonyl (C=O) groups excluding carboxylic acids is 3. The highest BCUT2D eigenvalue weighted by Crippen LogP contribution is 2.32. The maximum absolute atomic E-state index is 13.3. The van der Waals surface area contributed by atoms with E-state index in [2.05, 4.69) is 19.2 Å². The van der Waals surface area contributed by atoms with Gasteiger partial charge in [0, 0.05) is 13.0 Å². The second kappa shape index (κ2) is 8.08. The van der Waals surface area contributed by atoms with Gasteiger partial charge in [-0.05, 0) is 35.4 Å². The Kier molecular flexibility index (Phi) is 5.87. The van der Waals surface area contributed by atoms with Crippen LogP contribution in [-0.2, 0) is 14.4 Å². The van der Waals surface area contributed by atoms with E-state index in [1.807, 2.05) is 12.1 Å². The van der Waals surface area contributed by atoms with Crippen LogP contribution in [0.1, 0.15) is 58.4 Å². The highest BCUT2D eigenvalue weighted by Gasteiger charge is 2.50. The first-order valence-electron chi connectivity index (χ1n) is 10.3. The molecule has 2 N–H and O–H groups in total. The Morgan fingerprint density at radius 3 is 2.37 bits per heavy atom. The van der Waals surface area contributed by atoms with Gasteiger partial charge in [-0.1, -0.05) is 39.8 Å². The number of carbonyl (C=O) groups is 4. The van der Waals surface area contributed by atoms with Gasteiger partial charge in [-0.3, -0.25) is 14.4 Å². The number of amides is 4. The molecule has 0 radical (unpaired) electrons. The van der Waals surface area contributed by atoms with Crippen molar-refractivity contribution >= 4 is 29.5 Å². The van der Waals surface area contributed by atoms with Gasteiger partial charge in [-0.2, -0.15) is 0 Å². The Hall–Kier alpha value is -2.90. The summed E-state index contributed by atoms with van der Waals surface area (Å²) in [5.74, 6) is -1.34. The Balaban J connectivity index is 1.81. The molecule has 2 aliphatic rings. The zero-order valence-electron chi connectivity index (χ0n) is 17.8. The lowest BCUT2D eigenvalue weighted by molar-refractivity contribution is -0.143. The van der Waals surface area contributed by atoms with Gasteiger partial charge >= 0.3 is 12.0 Å². The highest BCUT2D eigenvalue weighted by molar-refractivity contribution is 6.19. The van der Waals surface area contributed by atoms with Gasteiger partial charge < -0.3 is 15.3 Å². The van der Waals surface area contributed by atoms with Crippen molar-refractivity contribution in [2.75, 3.05) is 11.4 Å². The molecule has 4 amide bonds. The molecule has 0 unspecified atom stereocenters. The van der Waals surface area contributed by atoms with Gasteiger partial charge in [-0.15, -0.1) is 0 Å². The Bertz CT molecular complexity index is 862. The fraction of sp³-hybridized carbons (Fsp3) is 0.545. The summed E-state index contributed by atoms with van der Waals surface area (Å²) in [5, 5.41) is 11.9. The second-order valence-electron chi connectivity index (χ2n) is 9.21. The number of likely N-dealkylation sites (tertiary alicyclic amines) is 1. The fourth-order valence-electron chi connectivity index (χ4n) is 4.22. The van der Waals surface area contributed by atoms with Crippen LogP contribution in [0.2, 0.25) is 0 Å². The molecule has 30 heavy (non-hydrogen) atoms. The minimum atomic E-state index is -0.968. The largest absolute Gasteiger partial charge is 0.481 e. The first-order valence-corrected chi connectivity index (χ1v) is 10.3. The number of carboxylic acid groups (broad SMARTS) is 1. The molecule has 3 rings (SSSR count). The normalized spacial score (nSPS) is 21.6. The molecule has 2 saturated heterocycles. The molecule has 2 aliphatic heterocycles. The van der Waals surface area contributed by atoms with Crippen LogP contribution in [0.25, 0.3) is 0 Å². The van der Waals surface area contributed by atoms with Gasteiger partial charge in [0.25, 0.3) is 5.91 Å². The van der Waals surface area contributed by atoms with Gasteiger partial charge in [0.05, 0.1) is 18.2 Å². The molecule has 1 aromatic rings. The van der Waals surface area contributed by atoms with Crippen molar-refractivity contribution in [2.24, 2.45) is 5.41 Å². The van der Waals surface area contributed by atoms with Crippen molar-refractivity contribution in [3.05, 3.63) is 29.8 Å². The molecule has 0 aromatic heterocycles. The molecule has 0 saturated carbocycles. The highest BCUT2D eigenvalue weighted by atomic mass is 16.4. The number of rotatable bonds is 6. The topological polar surface area (TPSA) is 107 Å². The molecule has 2 atom stereocenters. The molecule has 0 bridgehead atoms. The predicted octanol–water partition coefficient (Wildman–Crippen LogP) is 2.73. The average Bonchev–Trinajstić information content (AvgIpc) is 3.04. The molecule has 2 heterocycles. The third-order valence-electron chi connectivity index (χ3n) is 5.78. The monoisotopic (exact) mass is 415 g/mol. The molecule has 1 aromatic carbocycles. The number of benzene rings is 1. The lowest BCUT2D eigenvalue weighted by Gasteiger charge is -2.37. The fourth-order valence-corrected chi connectivity index (χ4v) is 4.22. The lowest BCUT2D eigenvalue weighted by atomic mass is 9.85. The molecular weight excluding hydrogens is 386 g/mol. The summed E-state index contributed by atoms with van der Waals surface area (Å²) in [7, 11) is 0. The third-order valence-corrected chi connectivity index (χ3v) is 5.78. The number of imide groups is 1. The second-order valence-corrected chi connectivity index (χ2v) is 9.21. The first-order chi connectivity index (χ1) is 14.0. The Morgan fingerprint density at radius 1 is 1.17 bits per heavy atom. The summed E-state index contributed by atoms with van der Waals surface area (Å²) >= 11 is 0. The van der Waals surface area contributed by atoms with Crippen LogP contribution in [-0.4, -0.2) is 52.4 Å². The van der Waals surface area contributed by atoms with Crippen LogP contribution in [0.5, 0.6) is 0 Å². The summed E-state index contributed by atoms with van der Waals surface area (Å²) in [6.45, 7) is 7.92. The number of hydrogen-bond donors (Lipinski definition) is 2. The molecule has 0 aliphatic carbocycles. The average molecular weight is 415 g/mol. The number of nitrogens with zero attached hydrogens (tertiary/aromatic N) is 2. The summed E-state index contributed by atoms with van der Waals surface area (Å²) in [5.41, 5.74) is 0.833. The number of nitrogens with one attached hydrogen (secondary N) is 1. The van der Waals surface area contributed by atoms with E-state index < -0.39 is 35.4 Å². The van der Waals surface area contributed by atoms with Crippen molar-refractivity contribution in [1.29, 1.82) is 0 Å². The van der Waals surface area contributed by atoms with Crippen molar-refractivity contribution in [3.63, 3.8) is 0 Å². The van der Waals surface area contributed by atoms with E-state index in [0.29, 0.717) is 24.6 Å². The predicted molar refractivity (Wildman–Crippen MR) is 111 cm³/mol. The minimum Gasteiger partial charge on any atom is -0.481 e. The summed E-state index contributed by atoms with van der Waals surface area (Å²) in [6, 6.07) is 5.56. The number of carboxylic acids is 1. The summed E-state index contributed by atoms with van der Waals surface area (Å²) in [6.07, 6.45) is 0.375. The lowest BCUT2D eigenvalue weighted by Crippen LogP contribution is -2.65. The Labute approximate surface area is 176 Å². The van der Waals surface area contributed by atoms with Crippen LogP contribution in [0, 0.1) is 5.41 Å². The number of hydrogen-bond acceptors (Lipinski definition) is 4. The van der Waals surface area contributed by atoms with E-state index in [1.165, 1.54) is 4.90 Å². The van der Waals surface area contributed by atoms with Gasteiger partial charge in [-0.25, -0.2) is 9.69 Å². The van der Waals surface area contributed by atoms with Crippen molar-refractivity contribution in [3.8, 4) is 0 Å². The summed E-state index contributed by atoms with van der Waals surface area (Å²) in [4.78, 5) is 52.5. The van der Waals surface area contributed by atoms with E-state index in [0.717, 1.165) is 10.5 Å². The van der Waals surface area contributed by atoms with Crippen molar-refractivity contribution in [2.45, 2.75) is 65.0 Å². The Morgan fingerprint density at radius 2 is 1.80 bits per heavy atom. The van der Waals surface area contributed by atoms with E-state index in [-0.39, 0.29) is 18.7 Å². The van der Waals surface area contributed by atoms with Crippen molar-refractivity contribution in [1.82, 2.24) is 10.2 Å². The van der Waals surface area contributed by atoms with Crippen molar-refractivity contribution < 1.29 is 24.3 Å². The number of urea groups is 1. The number of aliphatic carboxylic acids is 1. The third kappa shape index (κ3) is 4.32. The van der Waals surface area contributed by atoms with Crippen LogP contribution < -0.4 is 10.2 Å². The molecular formula is C22H29N3O5. The number of fused-ring (bicyclic) bond motifs is 1. The van der Waals surface area contributed by atoms with Crippen LogP contribution in [0.15, 0.2) is 24.3 Å². The van der Waals surface area contributed by atoms with Gasteiger partial charge in [0.1, 0.15) is 6.04 Å². The van der Waals surface area contributed by atoms with E-state index in [9.17, 15) is 19.2 Å². The molecule has 0 spiro atoms. The first kappa shape index (κ1) is 21.8. The summed E-state index contributed by atoms with van der Waals surface area (Å²) < 4.78 is 0. The van der Waals surface area contributed by atoms with Crippen LogP contribution in [0.4, 0.5) is 10.5 Å². The maximum Gasteiger partial charge on any atom is 0.329 e. The number of anilines is 1. The smallest absolute Gasteiger partial charge is 0.329 e. The minimum absolute atomic E-state index is 0.0207.